The van der Waals surface area contributed by atoms with E-state index < -0.39 is 0 Å². The maximum absolute atomic E-state index is 6.02. The van der Waals surface area contributed by atoms with Crippen molar-refractivity contribution in [2.45, 2.75) is 42.4 Å². The topological polar surface area (TPSA) is 12.0 Å². The first-order valence-corrected chi connectivity index (χ1v) is 7.31. The number of benzene rings is 1. The van der Waals surface area contributed by atoms with Crippen LogP contribution in [0.4, 0.5) is 5.69 Å². The Morgan fingerprint density at radius 3 is 2.81 bits per heavy atom. The van der Waals surface area contributed by atoms with E-state index >= 15 is 0 Å². The van der Waals surface area contributed by atoms with E-state index in [1.807, 2.05) is 17.8 Å². The Morgan fingerprint density at radius 1 is 1.19 bits per heavy atom. The first-order valence-electron chi connectivity index (χ1n) is 6.06. The van der Waals surface area contributed by atoms with Gasteiger partial charge in [0.05, 0.1) is 5.37 Å². The number of nitrogens with one attached hydrogen (secondary N) is 1. The zero-order chi connectivity index (χ0) is 11.0. The van der Waals surface area contributed by atoms with Crippen LogP contribution in [-0.2, 0) is 0 Å². The van der Waals surface area contributed by atoms with Crippen molar-refractivity contribution in [3.05, 3.63) is 23.2 Å². The minimum Gasteiger partial charge on any atom is -0.372 e. The number of anilines is 1. The Labute approximate surface area is 106 Å². The van der Waals surface area contributed by atoms with Crippen molar-refractivity contribution in [3.8, 4) is 0 Å². The molecular formula is C13H16ClNS. The quantitative estimate of drug-likeness (QED) is 0.774. The van der Waals surface area contributed by atoms with E-state index in [0.29, 0.717) is 5.37 Å². The average molecular weight is 254 g/mol. The van der Waals surface area contributed by atoms with Crippen LogP contribution in [0, 0.1) is 5.92 Å². The molecule has 86 valence electrons. The minimum atomic E-state index is 0.578. The SMILES string of the molecule is Clc1ccc2c(c1)SC(C1CCCCC1)N2. The Hall–Kier alpha value is -0.340. The molecule has 3 heteroatoms. The zero-order valence-electron chi connectivity index (χ0n) is 9.21. The predicted molar refractivity (Wildman–Crippen MR) is 71.3 cm³/mol. The van der Waals surface area contributed by atoms with Crippen molar-refractivity contribution in [2.24, 2.45) is 5.92 Å². The first kappa shape index (κ1) is 10.8. The fraction of sp³-hybridized carbons (Fsp3) is 0.538. The molecule has 1 saturated carbocycles. The molecule has 16 heavy (non-hydrogen) atoms. The van der Waals surface area contributed by atoms with Gasteiger partial charge in [-0.25, -0.2) is 0 Å². The molecule has 0 bridgehead atoms. The highest BCUT2D eigenvalue weighted by Crippen LogP contribution is 2.45. The van der Waals surface area contributed by atoms with Gasteiger partial charge in [-0.1, -0.05) is 42.6 Å². The highest BCUT2D eigenvalue weighted by Gasteiger charge is 2.29. The van der Waals surface area contributed by atoms with Crippen LogP contribution < -0.4 is 5.32 Å². The van der Waals surface area contributed by atoms with Gasteiger partial charge in [0.25, 0.3) is 0 Å². The molecule has 1 N–H and O–H groups in total. The third kappa shape index (κ3) is 2.05. The van der Waals surface area contributed by atoms with Gasteiger partial charge in [0, 0.05) is 15.6 Å². The van der Waals surface area contributed by atoms with Crippen LogP contribution in [-0.4, -0.2) is 5.37 Å². The van der Waals surface area contributed by atoms with Crippen LogP contribution in [0.5, 0.6) is 0 Å². The van der Waals surface area contributed by atoms with Crippen molar-refractivity contribution in [2.75, 3.05) is 5.32 Å². The fourth-order valence-corrected chi connectivity index (χ4v) is 4.29. The molecule has 1 atom stereocenters. The molecule has 0 radical (unpaired) electrons. The van der Waals surface area contributed by atoms with Gasteiger partial charge in [-0.3, -0.25) is 0 Å². The van der Waals surface area contributed by atoms with E-state index in [1.165, 1.54) is 42.7 Å². The lowest BCUT2D eigenvalue weighted by molar-refractivity contribution is 0.361. The number of thioether (sulfide) groups is 1. The van der Waals surface area contributed by atoms with E-state index in [2.05, 4.69) is 17.4 Å². The molecule has 1 nitrogen and oxygen atoms in total. The molecule has 1 aromatic rings. The predicted octanol–water partition coefficient (Wildman–Crippen LogP) is 4.76. The highest BCUT2D eigenvalue weighted by atomic mass is 35.5. The Morgan fingerprint density at radius 2 is 2.00 bits per heavy atom. The van der Waals surface area contributed by atoms with Crippen LogP contribution in [0.15, 0.2) is 23.1 Å². The fourth-order valence-electron chi connectivity index (χ4n) is 2.68. The first-order chi connectivity index (χ1) is 7.83. The molecule has 1 aliphatic carbocycles. The molecule has 1 aliphatic heterocycles. The third-order valence-electron chi connectivity index (χ3n) is 3.57. The van der Waals surface area contributed by atoms with E-state index in [0.717, 1.165) is 10.9 Å². The van der Waals surface area contributed by atoms with Gasteiger partial charge < -0.3 is 5.32 Å². The summed E-state index contributed by atoms with van der Waals surface area (Å²) in [5.74, 6) is 0.838. The monoisotopic (exact) mass is 253 g/mol. The summed E-state index contributed by atoms with van der Waals surface area (Å²) in [7, 11) is 0. The number of halogens is 1. The van der Waals surface area contributed by atoms with Gasteiger partial charge in [-0.05, 0) is 37.0 Å². The summed E-state index contributed by atoms with van der Waals surface area (Å²) >= 11 is 7.98. The maximum atomic E-state index is 6.02. The number of hydrogen-bond acceptors (Lipinski definition) is 2. The number of rotatable bonds is 1. The summed E-state index contributed by atoms with van der Waals surface area (Å²) < 4.78 is 0. The summed E-state index contributed by atoms with van der Waals surface area (Å²) in [5.41, 5.74) is 1.27. The molecule has 0 spiro atoms. The number of fused-ring (bicyclic) bond motifs is 1. The van der Waals surface area contributed by atoms with E-state index in [1.54, 1.807) is 0 Å². The second kappa shape index (κ2) is 4.50. The van der Waals surface area contributed by atoms with E-state index in [-0.39, 0.29) is 0 Å². The van der Waals surface area contributed by atoms with Crippen LogP contribution >= 0.6 is 23.4 Å². The lowest BCUT2D eigenvalue weighted by atomic mass is 9.89. The highest BCUT2D eigenvalue weighted by molar-refractivity contribution is 8.00. The molecule has 1 unspecified atom stereocenters. The molecule has 1 fully saturated rings. The summed E-state index contributed by atoms with van der Waals surface area (Å²) in [6, 6.07) is 6.15. The molecular weight excluding hydrogens is 238 g/mol. The summed E-state index contributed by atoms with van der Waals surface area (Å²) in [6.07, 6.45) is 6.99. The molecule has 0 amide bonds. The molecule has 1 aromatic carbocycles. The van der Waals surface area contributed by atoms with Crippen molar-refractivity contribution in [1.82, 2.24) is 0 Å². The van der Waals surface area contributed by atoms with Gasteiger partial charge in [0.15, 0.2) is 0 Å². The molecule has 2 aliphatic rings. The normalized spacial score (nSPS) is 25.2. The summed E-state index contributed by atoms with van der Waals surface area (Å²) in [5, 5.41) is 5.06. The van der Waals surface area contributed by atoms with Crippen LogP contribution in [0.3, 0.4) is 0 Å². The zero-order valence-corrected chi connectivity index (χ0v) is 10.8. The van der Waals surface area contributed by atoms with Crippen molar-refractivity contribution < 1.29 is 0 Å². The number of hydrogen-bond donors (Lipinski definition) is 1. The Kier molecular flexibility index (Phi) is 3.03. The standard InChI is InChI=1S/C13H16ClNS/c14-10-6-7-11-12(8-10)16-13(15-11)9-4-2-1-3-5-9/h6-9,13,15H,1-5H2. The Bertz CT molecular complexity index is 388. The molecule has 0 aromatic heterocycles. The van der Waals surface area contributed by atoms with Gasteiger partial charge in [0.1, 0.15) is 0 Å². The van der Waals surface area contributed by atoms with Gasteiger partial charge in [-0.15, -0.1) is 0 Å². The molecule has 1 heterocycles. The largest absolute Gasteiger partial charge is 0.372 e. The van der Waals surface area contributed by atoms with Crippen molar-refractivity contribution >= 4 is 29.1 Å². The van der Waals surface area contributed by atoms with Gasteiger partial charge in [0.2, 0.25) is 0 Å². The van der Waals surface area contributed by atoms with Gasteiger partial charge >= 0.3 is 0 Å². The average Bonchev–Trinajstić information content (AvgIpc) is 2.73. The van der Waals surface area contributed by atoms with E-state index in [4.69, 9.17) is 11.6 Å². The molecule has 0 saturated heterocycles. The van der Waals surface area contributed by atoms with Crippen LogP contribution in [0.25, 0.3) is 0 Å². The van der Waals surface area contributed by atoms with Gasteiger partial charge in [-0.2, -0.15) is 0 Å². The van der Waals surface area contributed by atoms with Crippen molar-refractivity contribution in [3.63, 3.8) is 0 Å². The second-order valence-corrected chi connectivity index (χ2v) is 6.34. The smallest absolute Gasteiger partial charge is 0.0798 e. The second-order valence-electron chi connectivity index (χ2n) is 4.72. The maximum Gasteiger partial charge on any atom is 0.0798 e. The van der Waals surface area contributed by atoms with Crippen molar-refractivity contribution in [1.29, 1.82) is 0 Å². The van der Waals surface area contributed by atoms with Crippen LogP contribution in [0.2, 0.25) is 5.02 Å². The van der Waals surface area contributed by atoms with Crippen LogP contribution in [0.1, 0.15) is 32.1 Å². The van der Waals surface area contributed by atoms with E-state index in [9.17, 15) is 0 Å². The lowest BCUT2D eigenvalue weighted by Crippen LogP contribution is -2.24. The minimum absolute atomic E-state index is 0.578. The summed E-state index contributed by atoms with van der Waals surface area (Å²) in [6.45, 7) is 0. The molecule has 3 rings (SSSR count). The Balaban J connectivity index is 1.74. The third-order valence-corrected chi connectivity index (χ3v) is 5.16. The lowest BCUT2D eigenvalue weighted by Gasteiger charge is -2.26. The summed E-state index contributed by atoms with van der Waals surface area (Å²) in [4.78, 5) is 1.32.